The minimum atomic E-state index is 0.536. The lowest BCUT2D eigenvalue weighted by Gasteiger charge is -2.32. The quantitative estimate of drug-likeness (QED) is 0.870. The first-order chi connectivity index (χ1) is 10.8. The summed E-state index contributed by atoms with van der Waals surface area (Å²) in [6.45, 7) is 5.89. The number of fused-ring (bicyclic) bond motifs is 1. The van der Waals surface area contributed by atoms with Crippen molar-refractivity contribution in [2.45, 2.75) is 38.6 Å². The van der Waals surface area contributed by atoms with Gasteiger partial charge in [-0.25, -0.2) is 0 Å². The number of pyridine rings is 2. The van der Waals surface area contributed by atoms with Crippen molar-refractivity contribution in [2.24, 2.45) is 0 Å². The number of hydrogen-bond acceptors (Lipinski definition) is 4. The van der Waals surface area contributed by atoms with Gasteiger partial charge in [0.15, 0.2) is 0 Å². The molecule has 1 aliphatic rings. The summed E-state index contributed by atoms with van der Waals surface area (Å²) in [6.07, 6.45) is 8.68. The molecule has 4 nitrogen and oxygen atoms in total. The molecule has 0 spiro atoms. The standard InChI is InChI=1S/C17H23BrN4/c1-2-3-8-22-9-5-14(6-10-22)21-15-4-7-19-16-11-13(18)12-20-17(15)16/h4,7,11-12,14H,2-3,5-6,8-10H2,1H3,(H,19,21). The first-order valence-electron chi connectivity index (χ1n) is 8.15. The third-order valence-corrected chi connectivity index (χ3v) is 4.75. The first kappa shape index (κ1) is 15.7. The number of nitrogens with one attached hydrogen (secondary N) is 1. The lowest BCUT2D eigenvalue weighted by atomic mass is 10.0. The van der Waals surface area contributed by atoms with Gasteiger partial charge in [0.05, 0.1) is 11.2 Å². The van der Waals surface area contributed by atoms with Crippen LogP contribution in [0.4, 0.5) is 5.69 Å². The zero-order valence-corrected chi connectivity index (χ0v) is 14.6. The lowest BCUT2D eigenvalue weighted by Crippen LogP contribution is -2.39. The topological polar surface area (TPSA) is 41.0 Å². The van der Waals surface area contributed by atoms with Gasteiger partial charge in [-0.05, 0) is 53.9 Å². The van der Waals surface area contributed by atoms with E-state index < -0.39 is 0 Å². The van der Waals surface area contributed by atoms with Gasteiger partial charge in [0.2, 0.25) is 0 Å². The zero-order chi connectivity index (χ0) is 15.4. The zero-order valence-electron chi connectivity index (χ0n) is 13.1. The smallest absolute Gasteiger partial charge is 0.112 e. The molecule has 0 saturated carbocycles. The number of halogens is 1. The van der Waals surface area contributed by atoms with Crippen LogP contribution in [0.25, 0.3) is 11.0 Å². The third-order valence-electron chi connectivity index (χ3n) is 4.32. The monoisotopic (exact) mass is 362 g/mol. The number of piperidine rings is 1. The molecule has 5 heteroatoms. The van der Waals surface area contributed by atoms with Crippen molar-refractivity contribution in [1.82, 2.24) is 14.9 Å². The maximum atomic E-state index is 4.52. The van der Waals surface area contributed by atoms with E-state index in [0.29, 0.717) is 6.04 Å². The van der Waals surface area contributed by atoms with Gasteiger partial charge in [-0.15, -0.1) is 0 Å². The molecule has 1 aliphatic heterocycles. The van der Waals surface area contributed by atoms with Crippen LogP contribution >= 0.6 is 15.9 Å². The summed E-state index contributed by atoms with van der Waals surface area (Å²) < 4.78 is 0.967. The Kier molecular flexibility index (Phi) is 5.26. The number of rotatable bonds is 5. The number of aromatic nitrogens is 2. The largest absolute Gasteiger partial charge is 0.380 e. The third kappa shape index (κ3) is 3.76. The van der Waals surface area contributed by atoms with Crippen LogP contribution in [0.1, 0.15) is 32.6 Å². The van der Waals surface area contributed by atoms with E-state index in [9.17, 15) is 0 Å². The van der Waals surface area contributed by atoms with Crippen LogP contribution in [-0.2, 0) is 0 Å². The molecular formula is C17H23BrN4. The highest BCUT2D eigenvalue weighted by molar-refractivity contribution is 9.10. The van der Waals surface area contributed by atoms with Crippen molar-refractivity contribution in [3.05, 3.63) is 29.0 Å². The van der Waals surface area contributed by atoms with E-state index >= 15 is 0 Å². The van der Waals surface area contributed by atoms with E-state index in [0.717, 1.165) is 21.2 Å². The molecule has 3 rings (SSSR count). The summed E-state index contributed by atoms with van der Waals surface area (Å²) in [5.74, 6) is 0. The van der Waals surface area contributed by atoms with Gasteiger partial charge in [-0.2, -0.15) is 0 Å². The summed E-state index contributed by atoms with van der Waals surface area (Å²) in [5, 5.41) is 3.68. The molecule has 1 fully saturated rings. The highest BCUT2D eigenvalue weighted by Gasteiger charge is 2.19. The van der Waals surface area contributed by atoms with Crippen LogP contribution < -0.4 is 5.32 Å². The Bertz CT molecular complexity index is 623. The van der Waals surface area contributed by atoms with Crippen molar-refractivity contribution in [3.63, 3.8) is 0 Å². The van der Waals surface area contributed by atoms with Crippen LogP contribution in [0.2, 0.25) is 0 Å². The molecule has 1 N–H and O–H groups in total. The molecule has 22 heavy (non-hydrogen) atoms. The van der Waals surface area contributed by atoms with E-state index in [2.05, 4.69) is 43.0 Å². The highest BCUT2D eigenvalue weighted by atomic mass is 79.9. The van der Waals surface area contributed by atoms with E-state index in [1.165, 1.54) is 45.3 Å². The normalized spacial score (nSPS) is 17.0. The fourth-order valence-corrected chi connectivity index (χ4v) is 3.34. The van der Waals surface area contributed by atoms with Crippen molar-refractivity contribution in [3.8, 4) is 0 Å². The summed E-state index contributed by atoms with van der Waals surface area (Å²) in [6, 6.07) is 4.59. The fraction of sp³-hybridized carbons (Fsp3) is 0.529. The Balaban J connectivity index is 1.65. The minimum Gasteiger partial charge on any atom is -0.380 e. The average molecular weight is 363 g/mol. The number of hydrogen-bond donors (Lipinski definition) is 1. The SMILES string of the molecule is CCCCN1CCC(Nc2ccnc3cc(Br)cnc23)CC1. The molecular weight excluding hydrogens is 340 g/mol. The molecule has 2 aromatic rings. The summed E-state index contributed by atoms with van der Waals surface area (Å²) >= 11 is 3.45. The van der Waals surface area contributed by atoms with E-state index in [1.54, 1.807) is 0 Å². The van der Waals surface area contributed by atoms with Crippen LogP contribution in [0.5, 0.6) is 0 Å². The molecule has 3 heterocycles. The molecule has 0 amide bonds. The summed E-state index contributed by atoms with van der Waals surface area (Å²) in [5.41, 5.74) is 2.99. The van der Waals surface area contributed by atoms with Gasteiger partial charge in [-0.3, -0.25) is 9.97 Å². The number of unbranched alkanes of at least 4 members (excludes halogenated alkanes) is 1. The van der Waals surface area contributed by atoms with Crippen LogP contribution in [0.15, 0.2) is 29.0 Å². The number of likely N-dealkylation sites (tertiary alicyclic amines) is 1. The van der Waals surface area contributed by atoms with Crippen molar-refractivity contribution in [1.29, 1.82) is 0 Å². The van der Waals surface area contributed by atoms with Crippen molar-refractivity contribution >= 4 is 32.7 Å². The Hall–Kier alpha value is -1.20. The summed E-state index contributed by atoms with van der Waals surface area (Å²) in [4.78, 5) is 11.5. The molecule has 0 radical (unpaired) electrons. The average Bonchev–Trinajstić information content (AvgIpc) is 2.54. The van der Waals surface area contributed by atoms with Crippen molar-refractivity contribution < 1.29 is 0 Å². The number of anilines is 1. The van der Waals surface area contributed by atoms with E-state index in [4.69, 9.17) is 0 Å². The molecule has 0 aromatic carbocycles. The molecule has 0 aliphatic carbocycles. The van der Waals surface area contributed by atoms with E-state index in [-0.39, 0.29) is 0 Å². The second-order valence-electron chi connectivity index (χ2n) is 5.99. The van der Waals surface area contributed by atoms with Crippen LogP contribution in [-0.4, -0.2) is 40.5 Å². The Morgan fingerprint density at radius 1 is 1.32 bits per heavy atom. The Morgan fingerprint density at radius 2 is 2.14 bits per heavy atom. The van der Waals surface area contributed by atoms with Gasteiger partial charge in [0.1, 0.15) is 5.52 Å². The second-order valence-corrected chi connectivity index (χ2v) is 6.91. The fourth-order valence-electron chi connectivity index (χ4n) is 3.02. The van der Waals surface area contributed by atoms with Crippen LogP contribution in [0, 0.1) is 0 Å². The van der Waals surface area contributed by atoms with Gasteiger partial charge in [-0.1, -0.05) is 13.3 Å². The summed E-state index contributed by atoms with van der Waals surface area (Å²) in [7, 11) is 0. The van der Waals surface area contributed by atoms with E-state index in [1.807, 2.05) is 24.5 Å². The van der Waals surface area contributed by atoms with Crippen LogP contribution in [0.3, 0.4) is 0 Å². The van der Waals surface area contributed by atoms with Gasteiger partial charge < -0.3 is 10.2 Å². The van der Waals surface area contributed by atoms with Gasteiger partial charge >= 0.3 is 0 Å². The van der Waals surface area contributed by atoms with Gasteiger partial charge in [0, 0.05) is 36.0 Å². The minimum absolute atomic E-state index is 0.536. The highest BCUT2D eigenvalue weighted by Crippen LogP contribution is 2.24. The molecule has 1 saturated heterocycles. The molecule has 0 unspecified atom stereocenters. The Morgan fingerprint density at radius 3 is 2.91 bits per heavy atom. The predicted molar refractivity (Wildman–Crippen MR) is 95.2 cm³/mol. The molecule has 0 bridgehead atoms. The molecule has 118 valence electrons. The predicted octanol–water partition coefficient (Wildman–Crippen LogP) is 4.07. The Labute approximate surface area is 140 Å². The first-order valence-corrected chi connectivity index (χ1v) is 8.94. The number of nitrogens with zero attached hydrogens (tertiary/aromatic N) is 3. The second kappa shape index (κ2) is 7.38. The van der Waals surface area contributed by atoms with Crippen molar-refractivity contribution in [2.75, 3.05) is 25.0 Å². The maximum absolute atomic E-state index is 4.52. The lowest BCUT2D eigenvalue weighted by molar-refractivity contribution is 0.216. The molecule has 0 atom stereocenters. The maximum Gasteiger partial charge on any atom is 0.112 e. The van der Waals surface area contributed by atoms with Gasteiger partial charge in [0.25, 0.3) is 0 Å². The molecule has 2 aromatic heterocycles.